The van der Waals surface area contributed by atoms with Gasteiger partial charge in [0.15, 0.2) is 0 Å². The van der Waals surface area contributed by atoms with Crippen LogP contribution in [-0.4, -0.2) is 5.75 Å². The first-order chi connectivity index (χ1) is 6.18. The van der Waals surface area contributed by atoms with Gasteiger partial charge in [0.1, 0.15) is 0 Å². The number of benzene rings is 1. The van der Waals surface area contributed by atoms with Gasteiger partial charge < -0.3 is 0 Å². The molecular formula is C12H12S. The Hall–Kier alpha value is -0.950. The van der Waals surface area contributed by atoms with E-state index < -0.39 is 0 Å². The molecule has 1 aromatic rings. The van der Waals surface area contributed by atoms with Crippen LogP contribution in [0.4, 0.5) is 0 Å². The van der Waals surface area contributed by atoms with Gasteiger partial charge in [0.25, 0.3) is 0 Å². The summed E-state index contributed by atoms with van der Waals surface area (Å²) in [5.41, 5.74) is 4.83. The lowest BCUT2D eigenvalue weighted by molar-refractivity contribution is 1.30. The molecule has 0 fully saturated rings. The molecule has 0 saturated carbocycles. The number of allylic oxidation sites excluding steroid dienone is 1. The Labute approximate surface area is 83.4 Å². The maximum absolute atomic E-state index is 4.05. The monoisotopic (exact) mass is 188 g/mol. The van der Waals surface area contributed by atoms with Crippen LogP contribution < -0.4 is 0 Å². The molecule has 0 aromatic heterocycles. The van der Waals surface area contributed by atoms with Crippen molar-refractivity contribution in [3.8, 4) is 0 Å². The lowest BCUT2D eigenvalue weighted by atomic mass is 10.0. The van der Waals surface area contributed by atoms with Crippen LogP contribution in [0.25, 0.3) is 5.57 Å². The smallest absolute Gasteiger partial charge is 0.0232 e. The second-order valence-electron chi connectivity index (χ2n) is 3.37. The SMILES string of the molecule is C=C1CSc2cc(C)ccc2C1=C. The molecule has 1 aromatic carbocycles. The quantitative estimate of drug-likeness (QED) is 0.598. The molecule has 0 spiro atoms. The third-order valence-corrected chi connectivity index (χ3v) is 3.43. The maximum atomic E-state index is 4.05. The summed E-state index contributed by atoms with van der Waals surface area (Å²) in [7, 11) is 0. The van der Waals surface area contributed by atoms with Crippen LogP contribution in [0.15, 0.2) is 41.8 Å². The molecule has 0 radical (unpaired) electrons. The van der Waals surface area contributed by atoms with Gasteiger partial charge in [-0.25, -0.2) is 0 Å². The molecule has 1 heteroatoms. The van der Waals surface area contributed by atoms with Crippen molar-refractivity contribution in [2.45, 2.75) is 11.8 Å². The van der Waals surface area contributed by atoms with Gasteiger partial charge in [-0.15, -0.1) is 11.8 Å². The van der Waals surface area contributed by atoms with Gasteiger partial charge in [-0.2, -0.15) is 0 Å². The molecule has 1 heterocycles. The minimum atomic E-state index is 0.981. The van der Waals surface area contributed by atoms with E-state index in [1.165, 1.54) is 16.0 Å². The van der Waals surface area contributed by atoms with Gasteiger partial charge in [0.2, 0.25) is 0 Å². The molecule has 1 aliphatic rings. The zero-order valence-corrected chi connectivity index (χ0v) is 8.58. The van der Waals surface area contributed by atoms with Crippen LogP contribution in [-0.2, 0) is 0 Å². The molecule has 0 bridgehead atoms. The van der Waals surface area contributed by atoms with E-state index in [1.807, 2.05) is 11.8 Å². The number of rotatable bonds is 0. The van der Waals surface area contributed by atoms with E-state index in [0.29, 0.717) is 0 Å². The highest BCUT2D eigenvalue weighted by molar-refractivity contribution is 7.99. The molecule has 0 atom stereocenters. The Balaban J connectivity index is 2.56. The van der Waals surface area contributed by atoms with E-state index in [-0.39, 0.29) is 0 Å². The number of hydrogen-bond acceptors (Lipinski definition) is 1. The Bertz CT molecular complexity index is 388. The van der Waals surface area contributed by atoms with E-state index in [9.17, 15) is 0 Å². The second kappa shape index (κ2) is 3.08. The summed E-state index contributed by atoms with van der Waals surface area (Å²) in [5, 5.41) is 0. The number of hydrogen-bond donors (Lipinski definition) is 0. The van der Waals surface area contributed by atoms with Crippen LogP contribution in [0.1, 0.15) is 11.1 Å². The Kier molecular flexibility index (Phi) is 2.04. The molecular weight excluding hydrogens is 176 g/mol. The Morgan fingerprint density at radius 3 is 2.85 bits per heavy atom. The summed E-state index contributed by atoms with van der Waals surface area (Å²) >= 11 is 1.85. The fourth-order valence-electron chi connectivity index (χ4n) is 1.44. The van der Waals surface area contributed by atoms with Crippen molar-refractivity contribution in [2.24, 2.45) is 0 Å². The summed E-state index contributed by atoms with van der Waals surface area (Å²) in [6.45, 7) is 10.2. The van der Waals surface area contributed by atoms with Gasteiger partial charge in [-0.3, -0.25) is 0 Å². The van der Waals surface area contributed by atoms with Crippen LogP contribution >= 0.6 is 11.8 Å². The van der Waals surface area contributed by atoms with Gasteiger partial charge in [0.05, 0.1) is 0 Å². The predicted molar refractivity (Wildman–Crippen MR) is 60.1 cm³/mol. The summed E-state index contributed by atoms with van der Waals surface area (Å²) < 4.78 is 0. The average molecular weight is 188 g/mol. The molecule has 0 saturated heterocycles. The zero-order valence-electron chi connectivity index (χ0n) is 7.76. The summed E-state index contributed by atoms with van der Waals surface area (Å²) in [6, 6.07) is 6.49. The normalized spacial score (nSPS) is 15.8. The fourth-order valence-corrected chi connectivity index (χ4v) is 2.56. The first kappa shape index (κ1) is 8.64. The first-order valence-electron chi connectivity index (χ1n) is 4.29. The molecule has 0 aliphatic carbocycles. The Morgan fingerprint density at radius 1 is 1.31 bits per heavy atom. The second-order valence-corrected chi connectivity index (χ2v) is 4.39. The van der Waals surface area contributed by atoms with Crippen molar-refractivity contribution < 1.29 is 0 Å². The molecule has 13 heavy (non-hydrogen) atoms. The Morgan fingerprint density at radius 2 is 2.08 bits per heavy atom. The predicted octanol–water partition coefficient (Wildman–Crippen LogP) is 3.67. The minimum Gasteiger partial charge on any atom is -0.121 e. The van der Waals surface area contributed by atoms with Crippen LogP contribution in [0.2, 0.25) is 0 Å². The lowest BCUT2D eigenvalue weighted by Crippen LogP contribution is -1.99. The third-order valence-electron chi connectivity index (χ3n) is 2.29. The lowest BCUT2D eigenvalue weighted by Gasteiger charge is -2.19. The highest BCUT2D eigenvalue weighted by Crippen LogP contribution is 2.38. The van der Waals surface area contributed by atoms with Crippen molar-refractivity contribution in [3.05, 3.63) is 48.1 Å². The third kappa shape index (κ3) is 1.44. The van der Waals surface area contributed by atoms with Gasteiger partial charge in [0, 0.05) is 10.6 Å². The van der Waals surface area contributed by atoms with Crippen molar-refractivity contribution in [2.75, 3.05) is 5.75 Å². The van der Waals surface area contributed by atoms with E-state index >= 15 is 0 Å². The van der Waals surface area contributed by atoms with E-state index in [1.54, 1.807) is 0 Å². The average Bonchev–Trinajstić information content (AvgIpc) is 2.12. The number of aryl methyl sites for hydroxylation is 1. The fraction of sp³-hybridized carbons (Fsp3) is 0.167. The van der Waals surface area contributed by atoms with Crippen molar-refractivity contribution in [1.82, 2.24) is 0 Å². The minimum absolute atomic E-state index is 0.981. The highest BCUT2D eigenvalue weighted by atomic mass is 32.2. The molecule has 0 unspecified atom stereocenters. The zero-order chi connectivity index (χ0) is 9.42. The summed E-state index contributed by atoms with van der Waals surface area (Å²) in [6.07, 6.45) is 0. The van der Waals surface area contributed by atoms with Gasteiger partial charge in [-0.05, 0) is 35.3 Å². The molecule has 2 rings (SSSR count). The van der Waals surface area contributed by atoms with Crippen molar-refractivity contribution in [3.63, 3.8) is 0 Å². The van der Waals surface area contributed by atoms with Crippen LogP contribution in [0.5, 0.6) is 0 Å². The van der Waals surface area contributed by atoms with E-state index in [0.717, 1.165) is 16.9 Å². The van der Waals surface area contributed by atoms with Gasteiger partial charge in [-0.1, -0.05) is 25.3 Å². The molecule has 66 valence electrons. The molecule has 0 amide bonds. The van der Waals surface area contributed by atoms with E-state index in [4.69, 9.17) is 0 Å². The van der Waals surface area contributed by atoms with Crippen molar-refractivity contribution in [1.29, 1.82) is 0 Å². The summed E-state index contributed by atoms with van der Waals surface area (Å²) in [4.78, 5) is 1.34. The first-order valence-corrected chi connectivity index (χ1v) is 5.28. The molecule has 0 N–H and O–H groups in total. The van der Waals surface area contributed by atoms with Crippen LogP contribution in [0, 0.1) is 6.92 Å². The van der Waals surface area contributed by atoms with Gasteiger partial charge >= 0.3 is 0 Å². The summed E-state index contributed by atoms with van der Waals surface area (Å²) in [5.74, 6) is 0.981. The highest BCUT2D eigenvalue weighted by Gasteiger charge is 2.15. The topological polar surface area (TPSA) is 0 Å². The number of fused-ring (bicyclic) bond motifs is 1. The molecule has 0 nitrogen and oxygen atoms in total. The standard InChI is InChI=1S/C12H12S/c1-8-4-5-11-10(3)9(2)7-13-12(11)6-8/h4-6H,2-3,7H2,1H3. The largest absolute Gasteiger partial charge is 0.121 e. The van der Waals surface area contributed by atoms with Crippen molar-refractivity contribution >= 4 is 17.3 Å². The molecule has 1 aliphatic heterocycles. The van der Waals surface area contributed by atoms with E-state index in [2.05, 4.69) is 38.3 Å². The van der Waals surface area contributed by atoms with Crippen LogP contribution in [0.3, 0.4) is 0 Å². The number of thioether (sulfide) groups is 1. The maximum Gasteiger partial charge on any atom is 0.0232 e.